The van der Waals surface area contributed by atoms with Crippen molar-refractivity contribution in [2.75, 3.05) is 13.2 Å². The molecule has 1 aromatic rings. The van der Waals surface area contributed by atoms with E-state index in [9.17, 15) is 5.11 Å². The minimum absolute atomic E-state index is 0.252. The molecule has 0 bridgehead atoms. The minimum Gasteiger partial charge on any atom is -0.493 e. The molecule has 0 saturated carbocycles. The SMILES string of the molecule is Cc1cc(OCCC(C)(O)CN)ccc1C(C)C. The zero-order valence-corrected chi connectivity index (χ0v) is 11.9. The predicted molar refractivity (Wildman–Crippen MR) is 75.1 cm³/mol. The number of hydrogen-bond donors (Lipinski definition) is 2. The molecule has 0 heterocycles. The minimum atomic E-state index is -0.840. The average Bonchev–Trinajstić information content (AvgIpc) is 2.28. The lowest BCUT2D eigenvalue weighted by molar-refractivity contribution is 0.0453. The van der Waals surface area contributed by atoms with E-state index in [2.05, 4.69) is 26.8 Å². The lowest BCUT2D eigenvalue weighted by atomic mass is 9.98. The van der Waals surface area contributed by atoms with Gasteiger partial charge in [0.25, 0.3) is 0 Å². The summed E-state index contributed by atoms with van der Waals surface area (Å²) in [6.45, 7) is 8.91. The summed E-state index contributed by atoms with van der Waals surface area (Å²) in [5, 5.41) is 9.77. The Morgan fingerprint density at radius 2 is 2.06 bits per heavy atom. The molecule has 18 heavy (non-hydrogen) atoms. The van der Waals surface area contributed by atoms with E-state index in [1.807, 2.05) is 12.1 Å². The van der Waals surface area contributed by atoms with Gasteiger partial charge in [-0.2, -0.15) is 0 Å². The van der Waals surface area contributed by atoms with Gasteiger partial charge < -0.3 is 15.6 Å². The highest BCUT2D eigenvalue weighted by molar-refractivity contribution is 5.36. The molecule has 0 aromatic heterocycles. The Bertz CT molecular complexity index is 386. The highest BCUT2D eigenvalue weighted by Crippen LogP contribution is 2.23. The van der Waals surface area contributed by atoms with Gasteiger partial charge in [0.2, 0.25) is 0 Å². The van der Waals surface area contributed by atoms with Crippen LogP contribution in [0.5, 0.6) is 5.75 Å². The number of ether oxygens (including phenoxy) is 1. The molecule has 0 amide bonds. The van der Waals surface area contributed by atoms with Gasteiger partial charge in [0.15, 0.2) is 0 Å². The van der Waals surface area contributed by atoms with Crippen LogP contribution in [0.2, 0.25) is 0 Å². The number of benzene rings is 1. The Morgan fingerprint density at radius 1 is 1.39 bits per heavy atom. The van der Waals surface area contributed by atoms with Gasteiger partial charge in [-0.15, -0.1) is 0 Å². The molecule has 1 aromatic carbocycles. The van der Waals surface area contributed by atoms with Gasteiger partial charge in [0, 0.05) is 13.0 Å². The van der Waals surface area contributed by atoms with Crippen molar-refractivity contribution in [1.82, 2.24) is 0 Å². The Hall–Kier alpha value is -1.06. The second-order valence-electron chi connectivity index (χ2n) is 5.47. The van der Waals surface area contributed by atoms with Crippen LogP contribution in [-0.2, 0) is 0 Å². The maximum atomic E-state index is 9.77. The van der Waals surface area contributed by atoms with Crippen LogP contribution in [0.15, 0.2) is 18.2 Å². The van der Waals surface area contributed by atoms with Crippen LogP contribution in [-0.4, -0.2) is 23.9 Å². The van der Waals surface area contributed by atoms with Crippen LogP contribution in [0.25, 0.3) is 0 Å². The Labute approximate surface area is 110 Å². The molecule has 3 nitrogen and oxygen atoms in total. The van der Waals surface area contributed by atoms with E-state index in [-0.39, 0.29) is 6.54 Å². The lowest BCUT2D eigenvalue weighted by Crippen LogP contribution is -2.35. The van der Waals surface area contributed by atoms with Crippen LogP contribution in [0.1, 0.15) is 44.2 Å². The van der Waals surface area contributed by atoms with Crippen LogP contribution in [0.3, 0.4) is 0 Å². The first-order valence-electron chi connectivity index (χ1n) is 6.51. The summed E-state index contributed by atoms with van der Waals surface area (Å²) in [7, 11) is 0. The first-order chi connectivity index (χ1) is 8.35. The fourth-order valence-electron chi connectivity index (χ4n) is 1.88. The van der Waals surface area contributed by atoms with Crippen molar-refractivity contribution in [1.29, 1.82) is 0 Å². The van der Waals surface area contributed by atoms with E-state index in [4.69, 9.17) is 10.5 Å². The molecule has 0 spiro atoms. The lowest BCUT2D eigenvalue weighted by Gasteiger charge is -2.21. The third kappa shape index (κ3) is 4.31. The largest absolute Gasteiger partial charge is 0.493 e. The van der Waals surface area contributed by atoms with Crippen molar-refractivity contribution in [3.63, 3.8) is 0 Å². The molecule has 1 atom stereocenters. The molecule has 0 saturated heterocycles. The quantitative estimate of drug-likeness (QED) is 0.817. The monoisotopic (exact) mass is 251 g/mol. The smallest absolute Gasteiger partial charge is 0.119 e. The molecule has 102 valence electrons. The predicted octanol–water partition coefficient (Wildman–Crippen LogP) is 2.60. The molecule has 0 fully saturated rings. The van der Waals surface area contributed by atoms with E-state index in [0.29, 0.717) is 18.9 Å². The molecule has 3 N–H and O–H groups in total. The van der Waals surface area contributed by atoms with Gasteiger partial charge in [-0.3, -0.25) is 0 Å². The number of aryl methyl sites for hydroxylation is 1. The second kappa shape index (κ2) is 6.21. The van der Waals surface area contributed by atoms with E-state index in [0.717, 1.165) is 5.75 Å². The summed E-state index contributed by atoms with van der Waals surface area (Å²) in [5.41, 5.74) is 7.20. The third-order valence-corrected chi connectivity index (χ3v) is 3.21. The van der Waals surface area contributed by atoms with Gasteiger partial charge in [-0.05, 0) is 43.0 Å². The number of nitrogens with two attached hydrogens (primary N) is 1. The molecule has 0 aliphatic rings. The van der Waals surface area contributed by atoms with Crippen LogP contribution in [0.4, 0.5) is 0 Å². The van der Waals surface area contributed by atoms with Crippen molar-refractivity contribution in [3.8, 4) is 5.75 Å². The number of hydrogen-bond acceptors (Lipinski definition) is 3. The first kappa shape index (κ1) is 15.0. The van der Waals surface area contributed by atoms with Crippen molar-refractivity contribution < 1.29 is 9.84 Å². The summed E-state index contributed by atoms with van der Waals surface area (Å²) >= 11 is 0. The fraction of sp³-hybridized carbons (Fsp3) is 0.600. The van der Waals surface area contributed by atoms with Gasteiger partial charge in [-0.25, -0.2) is 0 Å². The highest BCUT2D eigenvalue weighted by Gasteiger charge is 2.17. The van der Waals surface area contributed by atoms with Crippen LogP contribution >= 0.6 is 0 Å². The van der Waals surface area contributed by atoms with Gasteiger partial charge in [0.05, 0.1) is 12.2 Å². The van der Waals surface area contributed by atoms with Crippen molar-refractivity contribution in [3.05, 3.63) is 29.3 Å². The summed E-state index contributed by atoms with van der Waals surface area (Å²) in [4.78, 5) is 0. The maximum absolute atomic E-state index is 9.77. The third-order valence-electron chi connectivity index (χ3n) is 3.21. The highest BCUT2D eigenvalue weighted by atomic mass is 16.5. The summed E-state index contributed by atoms with van der Waals surface area (Å²) in [6.07, 6.45) is 0.536. The van der Waals surface area contributed by atoms with Gasteiger partial charge in [-0.1, -0.05) is 19.9 Å². The Balaban J connectivity index is 2.57. The second-order valence-corrected chi connectivity index (χ2v) is 5.47. The van der Waals surface area contributed by atoms with E-state index in [1.54, 1.807) is 6.92 Å². The van der Waals surface area contributed by atoms with Crippen molar-refractivity contribution in [2.24, 2.45) is 5.73 Å². The normalized spacial score (nSPS) is 14.6. The molecule has 3 heteroatoms. The molecular weight excluding hydrogens is 226 g/mol. The summed E-state index contributed by atoms with van der Waals surface area (Å²) < 4.78 is 5.64. The standard InChI is InChI=1S/C15H25NO2/c1-11(2)14-6-5-13(9-12(14)3)18-8-7-15(4,17)10-16/h5-6,9,11,17H,7-8,10,16H2,1-4H3. The van der Waals surface area contributed by atoms with E-state index in [1.165, 1.54) is 11.1 Å². The fourth-order valence-corrected chi connectivity index (χ4v) is 1.88. The number of aliphatic hydroxyl groups is 1. The molecule has 0 aliphatic heterocycles. The Morgan fingerprint density at radius 3 is 2.56 bits per heavy atom. The summed E-state index contributed by atoms with van der Waals surface area (Å²) in [5.74, 6) is 1.38. The molecule has 1 rings (SSSR count). The topological polar surface area (TPSA) is 55.5 Å². The molecular formula is C15H25NO2. The van der Waals surface area contributed by atoms with Gasteiger partial charge in [0.1, 0.15) is 5.75 Å². The molecule has 0 aliphatic carbocycles. The van der Waals surface area contributed by atoms with Crippen LogP contribution in [0, 0.1) is 6.92 Å². The van der Waals surface area contributed by atoms with Crippen molar-refractivity contribution in [2.45, 2.75) is 45.6 Å². The zero-order chi connectivity index (χ0) is 13.8. The van der Waals surface area contributed by atoms with Crippen molar-refractivity contribution >= 4 is 0 Å². The first-order valence-corrected chi connectivity index (χ1v) is 6.51. The maximum Gasteiger partial charge on any atom is 0.119 e. The van der Waals surface area contributed by atoms with Gasteiger partial charge >= 0.3 is 0 Å². The Kier molecular flexibility index (Phi) is 5.17. The van der Waals surface area contributed by atoms with E-state index >= 15 is 0 Å². The molecule has 1 unspecified atom stereocenters. The zero-order valence-electron chi connectivity index (χ0n) is 11.9. The molecule has 0 radical (unpaired) electrons. The summed E-state index contributed by atoms with van der Waals surface area (Å²) in [6, 6.07) is 6.14. The van der Waals surface area contributed by atoms with E-state index < -0.39 is 5.60 Å². The average molecular weight is 251 g/mol. The van der Waals surface area contributed by atoms with Crippen LogP contribution < -0.4 is 10.5 Å². The number of rotatable bonds is 6.